The van der Waals surface area contributed by atoms with E-state index in [-0.39, 0.29) is 0 Å². The van der Waals surface area contributed by atoms with Gasteiger partial charge in [-0.15, -0.1) is 0 Å². The third kappa shape index (κ3) is 3.73. The smallest absolute Gasteiger partial charge is 0.320 e. The van der Waals surface area contributed by atoms with Crippen LogP contribution >= 0.6 is 0 Å². The van der Waals surface area contributed by atoms with Crippen molar-refractivity contribution in [3.05, 3.63) is 28.3 Å². The van der Waals surface area contributed by atoms with Crippen LogP contribution in [0, 0.1) is 27.7 Å². The van der Waals surface area contributed by atoms with Crippen LogP contribution in [0.4, 0.5) is 0 Å². The van der Waals surface area contributed by atoms with E-state index in [2.05, 4.69) is 0 Å². The number of aryl methyl sites for hydroxylation is 2. The molecule has 0 amide bonds. The molecule has 1 fully saturated rings. The first-order valence-corrected chi connectivity index (χ1v) is 10.1. The Morgan fingerprint density at radius 2 is 1.56 bits per heavy atom. The lowest BCUT2D eigenvalue weighted by Crippen LogP contribution is -2.53. The molecule has 0 aliphatic carbocycles. The van der Waals surface area contributed by atoms with E-state index >= 15 is 0 Å². The summed E-state index contributed by atoms with van der Waals surface area (Å²) in [5.41, 5.74) is 3.53. The summed E-state index contributed by atoms with van der Waals surface area (Å²) in [6.45, 7) is 10.9. The topological polar surface area (TPSA) is 77.9 Å². The van der Waals surface area contributed by atoms with E-state index in [9.17, 15) is 18.3 Å². The van der Waals surface area contributed by atoms with Gasteiger partial charge in [-0.25, -0.2) is 8.42 Å². The summed E-state index contributed by atoms with van der Waals surface area (Å²) in [6, 6.07) is 1.47. The molecule has 0 spiro atoms. The van der Waals surface area contributed by atoms with Crippen LogP contribution in [0.3, 0.4) is 0 Å². The normalized spacial score (nSPS) is 18.3. The highest BCUT2D eigenvalue weighted by atomic mass is 32.2. The lowest BCUT2D eigenvalue weighted by molar-refractivity contribution is -0.143. The molecular formula is C18H28N2O4S. The molecule has 1 aromatic carbocycles. The Morgan fingerprint density at radius 3 is 1.96 bits per heavy atom. The van der Waals surface area contributed by atoms with Gasteiger partial charge in [0.1, 0.15) is 6.04 Å². The molecule has 1 aliphatic rings. The van der Waals surface area contributed by atoms with E-state index in [4.69, 9.17) is 0 Å². The number of carboxylic acid groups (broad SMARTS) is 1. The predicted octanol–water partition coefficient (Wildman–Crippen LogP) is 2.09. The first-order valence-electron chi connectivity index (χ1n) is 8.65. The largest absolute Gasteiger partial charge is 0.480 e. The van der Waals surface area contributed by atoms with Gasteiger partial charge in [0.25, 0.3) is 0 Å². The number of nitrogens with zero attached hydrogens (tertiary/aromatic N) is 2. The van der Waals surface area contributed by atoms with E-state index in [1.807, 2.05) is 45.6 Å². The number of benzene rings is 1. The van der Waals surface area contributed by atoms with Crippen molar-refractivity contribution in [1.29, 1.82) is 0 Å². The average Bonchev–Trinajstić information content (AvgIpc) is 2.54. The summed E-state index contributed by atoms with van der Waals surface area (Å²) in [6.07, 6.45) is 0.511. The van der Waals surface area contributed by atoms with Gasteiger partial charge in [0.15, 0.2) is 0 Å². The van der Waals surface area contributed by atoms with Crippen LogP contribution in [0.15, 0.2) is 11.0 Å². The van der Waals surface area contributed by atoms with Gasteiger partial charge in [-0.1, -0.05) is 13.0 Å². The molecule has 25 heavy (non-hydrogen) atoms. The van der Waals surface area contributed by atoms with E-state index in [0.717, 1.165) is 22.3 Å². The maximum Gasteiger partial charge on any atom is 0.320 e. The monoisotopic (exact) mass is 368 g/mol. The van der Waals surface area contributed by atoms with Crippen molar-refractivity contribution >= 4 is 16.0 Å². The van der Waals surface area contributed by atoms with E-state index in [1.54, 1.807) is 0 Å². The van der Waals surface area contributed by atoms with E-state index in [1.165, 1.54) is 4.31 Å². The number of carbonyl (C=O) groups is 1. The summed E-state index contributed by atoms with van der Waals surface area (Å²) in [5, 5.41) is 9.29. The van der Waals surface area contributed by atoms with Crippen LogP contribution in [0.2, 0.25) is 0 Å². The Labute approximate surface area is 150 Å². The van der Waals surface area contributed by atoms with E-state index in [0.29, 0.717) is 37.5 Å². The number of hydrogen-bond donors (Lipinski definition) is 1. The molecule has 0 saturated carbocycles. The molecule has 1 N–H and O–H groups in total. The fourth-order valence-electron chi connectivity index (χ4n) is 3.54. The van der Waals surface area contributed by atoms with Crippen LogP contribution in [-0.2, 0) is 14.8 Å². The Balaban J connectivity index is 2.28. The lowest BCUT2D eigenvalue weighted by Gasteiger charge is -2.37. The molecule has 1 heterocycles. The number of rotatable bonds is 5. The summed E-state index contributed by atoms with van der Waals surface area (Å²) < 4.78 is 27.9. The highest BCUT2D eigenvalue weighted by Gasteiger charge is 2.34. The van der Waals surface area contributed by atoms with Gasteiger partial charge in [-0.05, 0) is 56.4 Å². The van der Waals surface area contributed by atoms with Crippen LogP contribution in [0.1, 0.15) is 35.6 Å². The van der Waals surface area contributed by atoms with Crippen LogP contribution in [0.5, 0.6) is 0 Å². The molecule has 6 nitrogen and oxygen atoms in total. The van der Waals surface area contributed by atoms with Crippen molar-refractivity contribution in [2.45, 2.75) is 52.0 Å². The van der Waals surface area contributed by atoms with Crippen molar-refractivity contribution in [3.63, 3.8) is 0 Å². The van der Waals surface area contributed by atoms with E-state index < -0.39 is 22.0 Å². The fourth-order valence-corrected chi connectivity index (χ4v) is 5.54. The van der Waals surface area contributed by atoms with Gasteiger partial charge < -0.3 is 5.11 Å². The van der Waals surface area contributed by atoms with Crippen LogP contribution in [0.25, 0.3) is 0 Å². The van der Waals surface area contributed by atoms with Crippen molar-refractivity contribution in [2.75, 3.05) is 26.2 Å². The third-order valence-corrected chi connectivity index (χ3v) is 7.45. The number of aliphatic carboxylic acids is 1. The van der Waals surface area contributed by atoms with Gasteiger partial charge in [-0.2, -0.15) is 4.31 Å². The molecule has 2 rings (SSSR count). The third-order valence-electron chi connectivity index (χ3n) is 5.28. The summed E-state index contributed by atoms with van der Waals surface area (Å²) in [5.74, 6) is -0.847. The second-order valence-corrected chi connectivity index (χ2v) is 8.67. The van der Waals surface area contributed by atoms with Gasteiger partial charge in [0.05, 0.1) is 4.90 Å². The first kappa shape index (κ1) is 19.9. The molecule has 7 heteroatoms. The zero-order chi connectivity index (χ0) is 18.9. The highest BCUT2D eigenvalue weighted by Crippen LogP contribution is 2.29. The Hall–Kier alpha value is -1.44. The Bertz CT molecular complexity index is 740. The average molecular weight is 368 g/mol. The second-order valence-electron chi connectivity index (χ2n) is 6.79. The van der Waals surface area contributed by atoms with Crippen molar-refractivity contribution in [1.82, 2.24) is 9.21 Å². The Morgan fingerprint density at radius 1 is 1.08 bits per heavy atom. The molecule has 1 aromatic rings. The highest BCUT2D eigenvalue weighted by molar-refractivity contribution is 7.89. The molecule has 1 unspecified atom stereocenters. The molecule has 1 atom stereocenters. The van der Waals surface area contributed by atoms with Crippen molar-refractivity contribution < 1.29 is 18.3 Å². The maximum atomic E-state index is 13.2. The van der Waals surface area contributed by atoms with Gasteiger partial charge in [0, 0.05) is 26.2 Å². The minimum absolute atomic E-state index is 0.317. The number of piperazine rings is 1. The summed E-state index contributed by atoms with van der Waals surface area (Å²) in [4.78, 5) is 13.6. The van der Waals surface area contributed by atoms with Gasteiger partial charge >= 0.3 is 5.97 Å². The maximum absolute atomic E-state index is 13.2. The molecule has 1 aliphatic heterocycles. The minimum Gasteiger partial charge on any atom is -0.480 e. The summed E-state index contributed by atoms with van der Waals surface area (Å²) in [7, 11) is -3.59. The molecular weight excluding hydrogens is 340 g/mol. The number of sulfonamides is 1. The fraction of sp³-hybridized carbons (Fsp3) is 0.611. The SMILES string of the molecule is CCC(C(=O)O)N1CCN(S(=O)(=O)c2c(C)c(C)cc(C)c2C)CC1. The first-order chi connectivity index (χ1) is 11.6. The van der Waals surface area contributed by atoms with Gasteiger partial charge in [-0.3, -0.25) is 9.69 Å². The van der Waals surface area contributed by atoms with Crippen LogP contribution < -0.4 is 0 Å². The molecule has 0 bridgehead atoms. The molecule has 0 radical (unpaired) electrons. The standard InChI is InChI=1S/C18H28N2O4S/c1-6-16(18(21)22)19-7-9-20(10-8-19)25(23,24)17-14(4)12(2)11-13(3)15(17)5/h11,16H,6-10H2,1-5H3,(H,21,22). The molecule has 140 valence electrons. The lowest BCUT2D eigenvalue weighted by atomic mass is 10.0. The quantitative estimate of drug-likeness (QED) is 0.861. The zero-order valence-corrected chi connectivity index (χ0v) is 16.5. The zero-order valence-electron chi connectivity index (χ0n) is 15.7. The number of carboxylic acids is 1. The molecule has 1 saturated heterocycles. The molecule has 0 aromatic heterocycles. The Kier molecular flexibility index (Phi) is 5.91. The summed E-state index contributed by atoms with van der Waals surface area (Å²) >= 11 is 0. The van der Waals surface area contributed by atoms with Crippen molar-refractivity contribution in [3.8, 4) is 0 Å². The van der Waals surface area contributed by atoms with Gasteiger partial charge in [0.2, 0.25) is 10.0 Å². The predicted molar refractivity (Wildman–Crippen MR) is 97.4 cm³/mol. The van der Waals surface area contributed by atoms with Crippen molar-refractivity contribution in [2.24, 2.45) is 0 Å². The van der Waals surface area contributed by atoms with Crippen LogP contribution in [-0.4, -0.2) is 60.9 Å². The second kappa shape index (κ2) is 7.43. The minimum atomic E-state index is -3.59. The number of hydrogen-bond acceptors (Lipinski definition) is 4.